The number of carbonyl (C=O) groups is 1. The third-order valence-electron chi connectivity index (χ3n) is 2.98. The van der Waals surface area contributed by atoms with Crippen LogP contribution in [0.25, 0.3) is 0 Å². The molecule has 4 nitrogen and oxygen atoms in total. The standard InChI is InChI=1S/C10H20N2O2/c1-7(8(2)11)10(13)12(3)9-4-5-14-6-9/h7-9H,4-6,11H2,1-3H3. The predicted octanol–water partition coefficient (Wildman–Crippen LogP) is 0.217. The first-order valence-electron chi connectivity index (χ1n) is 5.14. The van der Waals surface area contributed by atoms with E-state index in [2.05, 4.69) is 0 Å². The molecule has 0 aromatic rings. The van der Waals surface area contributed by atoms with E-state index in [1.807, 2.05) is 20.9 Å². The van der Waals surface area contributed by atoms with Crippen LogP contribution < -0.4 is 5.73 Å². The third kappa shape index (κ3) is 2.45. The molecule has 1 rings (SSSR count). The first-order chi connectivity index (χ1) is 6.54. The summed E-state index contributed by atoms with van der Waals surface area (Å²) in [5.41, 5.74) is 5.69. The molecule has 14 heavy (non-hydrogen) atoms. The lowest BCUT2D eigenvalue weighted by atomic mass is 10.0. The van der Waals surface area contributed by atoms with Crippen LogP contribution in [-0.4, -0.2) is 43.2 Å². The van der Waals surface area contributed by atoms with Crippen molar-refractivity contribution in [2.24, 2.45) is 11.7 Å². The summed E-state index contributed by atoms with van der Waals surface area (Å²) in [7, 11) is 1.83. The summed E-state index contributed by atoms with van der Waals surface area (Å²) in [4.78, 5) is 13.6. The maximum absolute atomic E-state index is 11.9. The van der Waals surface area contributed by atoms with Crippen molar-refractivity contribution < 1.29 is 9.53 Å². The molecule has 1 saturated heterocycles. The maximum atomic E-state index is 11.9. The Morgan fingerprint density at radius 3 is 2.64 bits per heavy atom. The van der Waals surface area contributed by atoms with Crippen molar-refractivity contribution >= 4 is 5.91 Å². The highest BCUT2D eigenvalue weighted by Crippen LogP contribution is 2.14. The first kappa shape index (κ1) is 11.5. The molecule has 0 radical (unpaired) electrons. The van der Waals surface area contributed by atoms with E-state index in [1.165, 1.54) is 0 Å². The molecule has 0 bridgehead atoms. The minimum atomic E-state index is -0.111. The molecule has 0 spiro atoms. The Kier molecular flexibility index (Phi) is 3.89. The molecule has 1 heterocycles. The highest BCUT2D eigenvalue weighted by atomic mass is 16.5. The first-order valence-corrected chi connectivity index (χ1v) is 5.14. The Morgan fingerprint density at radius 2 is 2.21 bits per heavy atom. The number of hydrogen-bond acceptors (Lipinski definition) is 3. The molecule has 82 valence electrons. The zero-order valence-corrected chi connectivity index (χ0v) is 9.19. The molecule has 0 aliphatic carbocycles. The quantitative estimate of drug-likeness (QED) is 0.709. The monoisotopic (exact) mass is 200 g/mol. The van der Waals surface area contributed by atoms with Crippen LogP contribution in [0.2, 0.25) is 0 Å². The minimum absolute atomic E-state index is 0.0905. The molecule has 3 unspecified atom stereocenters. The molecule has 1 aliphatic heterocycles. The van der Waals surface area contributed by atoms with Crippen molar-refractivity contribution in [2.75, 3.05) is 20.3 Å². The largest absolute Gasteiger partial charge is 0.379 e. The van der Waals surface area contributed by atoms with Crippen molar-refractivity contribution in [1.82, 2.24) is 4.90 Å². The normalized spacial score (nSPS) is 25.9. The third-order valence-corrected chi connectivity index (χ3v) is 2.98. The number of nitrogens with two attached hydrogens (primary N) is 1. The van der Waals surface area contributed by atoms with Crippen LogP contribution in [0.3, 0.4) is 0 Å². The summed E-state index contributed by atoms with van der Waals surface area (Å²) in [6, 6.07) is 0.149. The fourth-order valence-corrected chi connectivity index (χ4v) is 1.55. The van der Waals surface area contributed by atoms with Gasteiger partial charge in [0.2, 0.25) is 5.91 Å². The Morgan fingerprint density at radius 1 is 1.57 bits per heavy atom. The van der Waals surface area contributed by atoms with E-state index < -0.39 is 0 Å². The second kappa shape index (κ2) is 4.75. The number of carbonyl (C=O) groups excluding carboxylic acids is 1. The molecular weight excluding hydrogens is 180 g/mol. The second-order valence-corrected chi connectivity index (χ2v) is 4.11. The fraction of sp³-hybridized carbons (Fsp3) is 0.900. The number of nitrogens with zero attached hydrogens (tertiary/aromatic N) is 1. The lowest BCUT2D eigenvalue weighted by Crippen LogP contribution is -2.44. The summed E-state index contributed by atoms with van der Waals surface area (Å²) < 4.78 is 5.24. The van der Waals surface area contributed by atoms with Crippen LogP contribution in [0, 0.1) is 5.92 Å². The van der Waals surface area contributed by atoms with Crippen LogP contribution >= 0.6 is 0 Å². The van der Waals surface area contributed by atoms with Gasteiger partial charge in [-0.05, 0) is 13.3 Å². The van der Waals surface area contributed by atoms with E-state index in [0.717, 1.165) is 13.0 Å². The van der Waals surface area contributed by atoms with Gasteiger partial charge >= 0.3 is 0 Å². The SMILES string of the molecule is CC(N)C(C)C(=O)N(C)C1CCOC1. The Hall–Kier alpha value is -0.610. The van der Waals surface area contributed by atoms with Gasteiger partial charge in [0.05, 0.1) is 18.6 Å². The van der Waals surface area contributed by atoms with Crippen LogP contribution in [0.4, 0.5) is 0 Å². The van der Waals surface area contributed by atoms with E-state index in [1.54, 1.807) is 4.90 Å². The molecule has 4 heteroatoms. The lowest BCUT2D eigenvalue weighted by molar-refractivity contribution is -0.136. The number of likely N-dealkylation sites (N-methyl/N-ethyl adjacent to an activating group) is 1. The molecular formula is C10H20N2O2. The molecule has 2 N–H and O–H groups in total. The summed E-state index contributed by atoms with van der Waals surface area (Å²) in [5.74, 6) is 0.0103. The Labute approximate surface area is 85.4 Å². The fourth-order valence-electron chi connectivity index (χ4n) is 1.55. The van der Waals surface area contributed by atoms with E-state index in [0.29, 0.717) is 6.61 Å². The van der Waals surface area contributed by atoms with E-state index in [-0.39, 0.29) is 23.9 Å². The molecule has 1 aliphatic rings. The van der Waals surface area contributed by atoms with Gasteiger partial charge in [-0.3, -0.25) is 4.79 Å². The van der Waals surface area contributed by atoms with Crippen molar-refractivity contribution in [3.05, 3.63) is 0 Å². The van der Waals surface area contributed by atoms with Crippen LogP contribution in [0.15, 0.2) is 0 Å². The number of rotatable bonds is 3. The molecule has 1 fully saturated rings. The van der Waals surface area contributed by atoms with Gasteiger partial charge in [0.1, 0.15) is 0 Å². The molecule has 0 aromatic carbocycles. The van der Waals surface area contributed by atoms with Gasteiger partial charge in [-0.15, -0.1) is 0 Å². The summed E-state index contributed by atoms with van der Waals surface area (Å²) in [5, 5.41) is 0. The molecule has 3 atom stereocenters. The lowest BCUT2D eigenvalue weighted by Gasteiger charge is -2.27. The predicted molar refractivity (Wildman–Crippen MR) is 54.8 cm³/mol. The number of amides is 1. The van der Waals surface area contributed by atoms with Crippen LogP contribution in [0.1, 0.15) is 20.3 Å². The number of hydrogen-bond donors (Lipinski definition) is 1. The van der Waals surface area contributed by atoms with Crippen LogP contribution in [0.5, 0.6) is 0 Å². The van der Waals surface area contributed by atoms with E-state index in [4.69, 9.17) is 10.5 Å². The van der Waals surface area contributed by atoms with Crippen molar-refractivity contribution in [3.63, 3.8) is 0 Å². The summed E-state index contributed by atoms with van der Waals surface area (Å²) >= 11 is 0. The number of ether oxygens (including phenoxy) is 1. The van der Waals surface area contributed by atoms with Gasteiger partial charge in [0.15, 0.2) is 0 Å². The smallest absolute Gasteiger partial charge is 0.227 e. The van der Waals surface area contributed by atoms with Gasteiger partial charge < -0.3 is 15.4 Å². The Bertz CT molecular complexity index is 200. The average Bonchev–Trinajstić information content (AvgIpc) is 2.67. The maximum Gasteiger partial charge on any atom is 0.227 e. The Balaban J connectivity index is 2.50. The van der Waals surface area contributed by atoms with Gasteiger partial charge in [-0.1, -0.05) is 6.92 Å². The molecule has 1 amide bonds. The summed E-state index contributed by atoms with van der Waals surface area (Å²) in [6.07, 6.45) is 0.938. The topological polar surface area (TPSA) is 55.6 Å². The van der Waals surface area contributed by atoms with Crippen LogP contribution in [-0.2, 0) is 9.53 Å². The van der Waals surface area contributed by atoms with Gasteiger partial charge in [0, 0.05) is 19.7 Å². The zero-order valence-electron chi connectivity index (χ0n) is 9.19. The highest BCUT2D eigenvalue weighted by molar-refractivity contribution is 5.79. The average molecular weight is 200 g/mol. The minimum Gasteiger partial charge on any atom is -0.379 e. The van der Waals surface area contributed by atoms with Gasteiger partial charge in [0.25, 0.3) is 0 Å². The zero-order chi connectivity index (χ0) is 10.7. The molecule has 0 saturated carbocycles. The van der Waals surface area contributed by atoms with Crippen molar-refractivity contribution in [3.8, 4) is 0 Å². The van der Waals surface area contributed by atoms with Crippen molar-refractivity contribution in [2.45, 2.75) is 32.4 Å². The summed E-state index contributed by atoms with van der Waals surface area (Å²) in [6.45, 7) is 5.16. The van der Waals surface area contributed by atoms with E-state index >= 15 is 0 Å². The molecule has 0 aromatic heterocycles. The van der Waals surface area contributed by atoms with Gasteiger partial charge in [-0.25, -0.2) is 0 Å². The second-order valence-electron chi connectivity index (χ2n) is 4.11. The van der Waals surface area contributed by atoms with E-state index in [9.17, 15) is 4.79 Å². The van der Waals surface area contributed by atoms with Crippen molar-refractivity contribution in [1.29, 1.82) is 0 Å². The van der Waals surface area contributed by atoms with Gasteiger partial charge in [-0.2, -0.15) is 0 Å². The highest BCUT2D eigenvalue weighted by Gasteiger charge is 2.28.